The van der Waals surface area contributed by atoms with Crippen molar-refractivity contribution >= 4 is 34.1 Å². The lowest BCUT2D eigenvalue weighted by Gasteiger charge is -2.47. The Morgan fingerprint density at radius 3 is 1.17 bits per heavy atom. The van der Waals surface area contributed by atoms with Gasteiger partial charge in [0.15, 0.2) is 0 Å². The summed E-state index contributed by atoms with van der Waals surface area (Å²) in [6, 6.07) is 42.4. The summed E-state index contributed by atoms with van der Waals surface area (Å²) < 4.78 is 0. The van der Waals surface area contributed by atoms with Gasteiger partial charge in [-0.2, -0.15) is 10.5 Å². The molecule has 0 fully saturated rings. The minimum atomic E-state index is -0.366. The van der Waals surface area contributed by atoms with Gasteiger partial charge < -0.3 is 9.80 Å². The molecule has 2 heterocycles. The molecule has 4 heteroatoms. The van der Waals surface area contributed by atoms with Crippen LogP contribution in [0.3, 0.4) is 0 Å². The van der Waals surface area contributed by atoms with Gasteiger partial charge in [0.1, 0.15) is 0 Å². The van der Waals surface area contributed by atoms with Crippen LogP contribution in [0.5, 0.6) is 0 Å². The summed E-state index contributed by atoms with van der Waals surface area (Å²) in [6.07, 6.45) is 0. The third kappa shape index (κ3) is 3.59. The van der Waals surface area contributed by atoms with Crippen molar-refractivity contribution in [1.29, 1.82) is 10.5 Å². The maximum atomic E-state index is 9.80. The van der Waals surface area contributed by atoms with E-state index in [4.69, 9.17) is 0 Å². The summed E-state index contributed by atoms with van der Waals surface area (Å²) in [5.74, 6) is 0. The summed E-state index contributed by atoms with van der Waals surface area (Å²) in [4.78, 5) is 4.67. The first-order chi connectivity index (χ1) is 20.3. The number of anilines is 6. The van der Waals surface area contributed by atoms with Crippen LogP contribution >= 0.6 is 0 Å². The van der Waals surface area contributed by atoms with Gasteiger partial charge in [-0.15, -0.1) is 0 Å². The number of nitrogens with zero attached hydrogens (tertiary/aromatic N) is 4. The van der Waals surface area contributed by atoms with Gasteiger partial charge in [0.05, 0.1) is 46.0 Å². The Bertz CT molecular complexity index is 1810. The Balaban J connectivity index is 1.58. The van der Waals surface area contributed by atoms with Crippen molar-refractivity contribution in [3.63, 3.8) is 0 Å². The molecule has 5 aromatic carbocycles. The molecular formula is C38H30N4. The fourth-order valence-corrected chi connectivity index (χ4v) is 6.81. The molecule has 2 aliphatic rings. The monoisotopic (exact) mass is 542 g/mol. The number of para-hydroxylation sites is 2. The van der Waals surface area contributed by atoms with Crippen LogP contribution in [-0.2, 0) is 10.8 Å². The van der Waals surface area contributed by atoms with Gasteiger partial charge in [-0.05, 0) is 95.1 Å². The molecule has 0 radical (unpaired) electrons. The van der Waals surface area contributed by atoms with E-state index in [9.17, 15) is 10.5 Å². The van der Waals surface area contributed by atoms with Crippen LogP contribution in [0.4, 0.5) is 34.1 Å². The molecular weight excluding hydrogens is 512 g/mol. The van der Waals surface area contributed by atoms with Crippen molar-refractivity contribution in [3.8, 4) is 12.1 Å². The number of fused-ring (bicyclic) bond motifs is 4. The standard InChI is InChI=1S/C38H30N4/c1-37(2)29-19-25(23-39)15-17-33(29)41(27-11-7-5-8-12-27)35-22-32-36(21-31(35)37)42(28-13-9-6-10-14-28)34-18-16-26(24-40)20-30(34)38(32,3)4/h5-22H,1-4H3. The van der Waals surface area contributed by atoms with E-state index in [0.717, 1.165) is 45.3 Å². The summed E-state index contributed by atoms with van der Waals surface area (Å²) in [6.45, 7) is 9.03. The second-order valence-electron chi connectivity index (χ2n) is 12.2. The highest BCUT2D eigenvalue weighted by molar-refractivity contribution is 5.93. The molecule has 0 spiro atoms. The molecule has 0 atom stereocenters. The van der Waals surface area contributed by atoms with Crippen molar-refractivity contribution in [2.45, 2.75) is 38.5 Å². The molecule has 0 saturated heterocycles. The Hall–Kier alpha value is -5.32. The first-order valence-corrected chi connectivity index (χ1v) is 14.2. The average molecular weight is 543 g/mol. The van der Waals surface area contributed by atoms with Gasteiger partial charge in [0, 0.05) is 22.2 Å². The minimum absolute atomic E-state index is 0.366. The van der Waals surface area contributed by atoms with Gasteiger partial charge in [0.25, 0.3) is 0 Å². The quantitative estimate of drug-likeness (QED) is 0.223. The van der Waals surface area contributed by atoms with Crippen molar-refractivity contribution in [2.24, 2.45) is 0 Å². The van der Waals surface area contributed by atoms with E-state index >= 15 is 0 Å². The maximum Gasteiger partial charge on any atom is 0.0991 e. The van der Waals surface area contributed by atoms with E-state index in [1.54, 1.807) is 0 Å². The third-order valence-corrected chi connectivity index (χ3v) is 9.05. The molecule has 42 heavy (non-hydrogen) atoms. The molecule has 4 nitrogen and oxygen atoms in total. The molecule has 202 valence electrons. The van der Waals surface area contributed by atoms with E-state index in [1.807, 2.05) is 36.4 Å². The highest BCUT2D eigenvalue weighted by Crippen LogP contribution is 2.58. The van der Waals surface area contributed by atoms with Crippen molar-refractivity contribution in [2.75, 3.05) is 9.80 Å². The number of hydrogen-bond donors (Lipinski definition) is 0. The van der Waals surface area contributed by atoms with Crippen LogP contribution in [0.15, 0.2) is 109 Å². The number of benzene rings is 5. The molecule has 0 amide bonds. The number of nitriles is 2. The van der Waals surface area contributed by atoms with E-state index in [0.29, 0.717) is 11.1 Å². The second-order valence-corrected chi connectivity index (χ2v) is 12.2. The fraction of sp³-hybridized carbons (Fsp3) is 0.158. The minimum Gasteiger partial charge on any atom is -0.310 e. The highest BCUT2D eigenvalue weighted by Gasteiger charge is 2.43. The average Bonchev–Trinajstić information content (AvgIpc) is 3.02. The second kappa shape index (κ2) is 9.10. The largest absolute Gasteiger partial charge is 0.310 e. The normalized spacial score (nSPS) is 15.4. The Morgan fingerprint density at radius 2 is 0.810 bits per heavy atom. The molecule has 5 aromatic rings. The summed E-state index contributed by atoms with van der Waals surface area (Å²) in [7, 11) is 0. The van der Waals surface area contributed by atoms with Gasteiger partial charge in [-0.3, -0.25) is 0 Å². The van der Waals surface area contributed by atoms with Crippen LogP contribution in [0.1, 0.15) is 61.1 Å². The molecule has 0 saturated carbocycles. The molecule has 7 rings (SSSR count). The van der Waals surface area contributed by atoms with E-state index in [2.05, 4.69) is 122 Å². The summed E-state index contributed by atoms with van der Waals surface area (Å²) in [5, 5.41) is 19.6. The Kier molecular flexibility index (Phi) is 5.55. The van der Waals surface area contributed by atoms with Crippen LogP contribution in [0.25, 0.3) is 0 Å². The number of hydrogen-bond acceptors (Lipinski definition) is 4. The molecule has 0 aromatic heterocycles. The van der Waals surface area contributed by atoms with Crippen LogP contribution in [-0.4, -0.2) is 0 Å². The topological polar surface area (TPSA) is 54.1 Å². The fourth-order valence-electron chi connectivity index (χ4n) is 6.81. The van der Waals surface area contributed by atoms with E-state index in [1.165, 1.54) is 11.1 Å². The zero-order valence-electron chi connectivity index (χ0n) is 24.2. The zero-order chi connectivity index (χ0) is 29.2. The van der Waals surface area contributed by atoms with Gasteiger partial charge in [-0.25, -0.2) is 0 Å². The van der Waals surface area contributed by atoms with Gasteiger partial charge in [-0.1, -0.05) is 64.1 Å². The van der Waals surface area contributed by atoms with Gasteiger partial charge in [0.2, 0.25) is 0 Å². The first kappa shape index (κ1) is 25.6. The Labute approximate surface area is 247 Å². The van der Waals surface area contributed by atoms with Crippen LogP contribution in [0, 0.1) is 22.7 Å². The zero-order valence-corrected chi connectivity index (χ0v) is 24.2. The van der Waals surface area contributed by atoms with Crippen LogP contribution in [0.2, 0.25) is 0 Å². The van der Waals surface area contributed by atoms with Crippen molar-refractivity contribution < 1.29 is 0 Å². The van der Waals surface area contributed by atoms with E-state index in [-0.39, 0.29) is 10.8 Å². The predicted octanol–water partition coefficient (Wildman–Crippen LogP) is 9.65. The SMILES string of the molecule is CC1(C)c2cc(C#N)ccc2N(c2ccccc2)c2cc3c(cc21)N(c1ccccc1)c1ccc(C#N)cc1C3(C)C. The molecule has 0 bridgehead atoms. The maximum absolute atomic E-state index is 9.80. The number of rotatable bonds is 2. The predicted molar refractivity (Wildman–Crippen MR) is 169 cm³/mol. The van der Waals surface area contributed by atoms with Gasteiger partial charge >= 0.3 is 0 Å². The van der Waals surface area contributed by atoms with Crippen LogP contribution < -0.4 is 9.80 Å². The smallest absolute Gasteiger partial charge is 0.0991 e. The first-order valence-electron chi connectivity index (χ1n) is 14.2. The lowest BCUT2D eigenvalue weighted by molar-refractivity contribution is 0.615. The van der Waals surface area contributed by atoms with Crippen molar-refractivity contribution in [1.82, 2.24) is 0 Å². The van der Waals surface area contributed by atoms with E-state index < -0.39 is 0 Å². The molecule has 0 unspecified atom stereocenters. The molecule has 2 aliphatic heterocycles. The lowest BCUT2D eigenvalue weighted by atomic mass is 9.68. The Morgan fingerprint density at radius 1 is 0.452 bits per heavy atom. The molecule has 0 aliphatic carbocycles. The highest BCUT2D eigenvalue weighted by atomic mass is 15.2. The third-order valence-electron chi connectivity index (χ3n) is 9.05. The van der Waals surface area contributed by atoms with Crippen molar-refractivity contribution in [3.05, 3.63) is 143 Å². The molecule has 0 N–H and O–H groups in total. The summed E-state index contributed by atoms with van der Waals surface area (Å²) >= 11 is 0. The lowest BCUT2D eigenvalue weighted by Crippen LogP contribution is -2.35. The summed E-state index contributed by atoms with van der Waals surface area (Å²) in [5.41, 5.74) is 11.8.